The normalized spacial score (nSPS) is 29.4. The van der Waals surface area contributed by atoms with Gasteiger partial charge in [0.2, 0.25) is 0 Å². The third-order valence-electron chi connectivity index (χ3n) is 2.60. The number of rotatable bonds is 5. The molecule has 3 atom stereocenters. The van der Waals surface area contributed by atoms with Gasteiger partial charge in [0, 0.05) is 19.1 Å². The summed E-state index contributed by atoms with van der Waals surface area (Å²) in [6.45, 7) is 6.35. The maximum absolute atomic E-state index is 10.8. The van der Waals surface area contributed by atoms with Crippen molar-refractivity contribution in [2.45, 2.75) is 25.9 Å². The summed E-state index contributed by atoms with van der Waals surface area (Å²) in [5.74, 6) is 0.671. The molecule has 3 nitrogen and oxygen atoms in total. The first-order valence-corrected chi connectivity index (χ1v) is 4.92. The minimum Gasteiger partial charge on any atom is -0.307 e. The predicted octanol–water partition coefficient (Wildman–Crippen LogP) is 0.456. The van der Waals surface area contributed by atoms with Gasteiger partial charge < -0.3 is 9.69 Å². The Hall–Kier alpha value is -0.410. The Kier molecular flexibility index (Phi) is 3.45. The lowest BCUT2D eigenvalue weighted by atomic mass is 10.1. The quantitative estimate of drug-likeness (QED) is 0.458. The fourth-order valence-electron chi connectivity index (χ4n) is 1.74. The molecule has 3 heteroatoms. The molecule has 0 radical (unpaired) electrons. The summed E-state index contributed by atoms with van der Waals surface area (Å²) in [6.07, 6.45) is 1.07. The first kappa shape index (κ1) is 10.7. The monoisotopic (exact) mass is 184 g/mol. The molecule has 1 saturated heterocycles. The van der Waals surface area contributed by atoms with Gasteiger partial charge in [0.15, 0.2) is 0 Å². The first-order chi connectivity index (χ1) is 6.06. The number of hydrogen-bond donors (Lipinski definition) is 0. The summed E-state index contributed by atoms with van der Waals surface area (Å²) in [7, 11) is 4.01. The molecule has 0 aromatic heterocycles. The zero-order valence-corrected chi connectivity index (χ0v) is 9.03. The summed E-state index contributed by atoms with van der Waals surface area (Å²) < 4.78 is 0. The molecule has 3 unspecified atom stereocenters. The van der Waals surface area contributed by atoms with Gasteiger partial charge in [-0.2, -0.15) is 0 Å². The van der Waals surface area contributed by atoms with Crippen LogP contribution >= 0.6 is 0 Å². The van der Waals surface area contributed by atoms with Crippen molar-refractivity contribution in [2.75, 3.05) is 27.2 Å². The lowest BCUT2D eigenvalue weighted by Crippen LogP contribution is -2.34. The highest BCUT2D eigenvalue weighted by atomic mass is 16.1. The average molecular weight is 184 g/mol. The van der Waals surface area contributed by atoms with E-state index in [-0.39, 0.29) is 6.04 Å². The van der Waals surface area contributed by atoms with Gasteiger partial charge in [-0.25, -0.2) is 0 Å². The zero-order valence-electron chi connectivity index (χ0n) is 9.03. The lowest BCUT2D eigenvalue weighted by molar-refractivity contribution is -0.111. The van der Waals surface area contributed by atoms with Crippen LogP contribution in [0.1, 0.15) is 13.8 Å². The summed E-state index contributed by atoms with van der Waals surface area (Å²) in [4.78, 5) is 15.2. The molecule has 1 aliphatic rings. The van der Waals surface area contributed by atoms with E-state index >= 15 is 0 Å². The summed E-state index contributed by atoms with van der Waals surface area (Å²) in [6, 6.07) is 0.734. The second-order valence-electron chi connectivity index (χ2n) is 4.47. The third kappa shape index (κ3) is 2.78. The van der Waals surface area contributed by atoms with Crippen LogP contribution in [0.2, 0.25) is 0 Å². The van der Waals surface area contributed by atoms with E-state index in [4.69, 9.17) is 0 Å². The minimum atomic E-state index is 0.0994. The molecule has 0 aromatic rings. The van der Waals surface area contributed by atoms with Gasteiger partial charge in [-0.15, -0.1) is 0 Å². The highest BCUT2D eigenvalue weighted by Gasteiger charge is 2.41. The molecule has 0 spiro atoms. The Morgan fingerprint density at radius 2 is 2.15 bits per heavy atom. The van der Waals surface area contributed by atoms with E-state index in [0.717, 1.165) is 19.4 Å². The number of aldehydes is 1. The Morgan fingerprint density at radius 3 is 2.46 bits per heavy atom. The Morgan fingerprint density at radius 1 is 1.54 bits per heavy atom. The highest BCUT2D eigenvalue weighted by Crippen LogP contribution is 2.27. The Balaban J connectivity index is 2.38. The maximum Gasteiger partial charge on any atom is 0.138 e. The number of likely N-dealkylation sites (N-methyl/N-ethyl adjacent to an activating group) is 1. The van der Waals surface area contributed by atoms with E-state index < -0.39 is 0 Å². The molecule has 76 valence electrons. The van der Waals surface area contributed by atoms with E-state index in [1.54, 1.807) is 0 Å². The van der Waals surface area contributed by atoms with Gasteiger partial charge in [0.05, 0.1) is 6.04 Å². The molecule has 13 heavy (non-hydrogen) atoms. The number of carbonyl (C=O) groups excluding carboxylic acids is 1. The van der Waals surface area contributed by atoms with Crippen molar-refractivity contribution in [1.82, 2.24) is 9.80 Å². The van der Waals surface area contributed by atoms with Crippen molar-refractivity contribution in [2.24, 2.45) is 5.92 Å². The standard InChI is InChI=1S/C10H20N2O/c1-8(2)10-6-12(10)9(7-13)5-11(3)4/h7-10H,5-6H2,1-4H3. The summed E-state index contributed by atoms with van der Waals surface area (Å²) in [5, 5.41) is 0. The van der Waals surface area contributed by atoms with Gasteiger partial charge in [-0.3, -0.25) is 4.90 Å². The molecule has 0 aromatic carbocycles. The molecule has 0 aliphatic carbocycles. The van der Waals surface area contributed by atoms with Crippen molar-refractivity contribution in [1.29, 1.82) is 0 Å². The molecular formula is C10H20N2O. The Labute approximate surface area is 80.7 Å². The van der Waals surface area contributed by atoms with E-state index in [1.807, 2.05) is 14.1 Å². The van der Waals surface area contributed by atoms with Crippen molar-refractivity contribution < 1.29 is 4.79 Å². The van der Waals surface area contributed by atoms with E-state index in [1.165, 1.54) is 0 Å². The van der Waals surface area contributed by atoms with Gasteiger partial charge in [0.25, 0.3) is 0 Å². The third-order valence-corrected chi connectivity index (χ3v) is 2.60. The topological polar surface area (TPSA) is 23.3 Å². The van der Waals surface area contributed by atoms with E-state index in [9.17, 15) is 4.79 Å². The zero-order chi connectivity index (χ0) is 10.0. The van der Waals surface area contributed by atoms with Crippen LogP contribution in [0.15, 0.2) is 0 Å². The number of nitrogens with zero attached hydrogens (tertiary/aromatic N) is 2. The van der Waals surface area contributed by atoms with Crippen LogP contribution < -0.4 is 0 Å². The second-order valence-corrected chi connectivity index (χ2v) is 4.47. The van der Waals surface area contributed by atoms with E-state index in [0.29, 0.717) is 12.0 Å². The van der Waals surface area contributed by atoms with Crippen LogP contribution in [0.25, 0.3) is 0 Å². The largest absolute Gasteiger partial charge is 0.307 e. The average Bonchev–Trinajstić information content (AvgIpc) is 2.78. The summed E-state index contributed by atoms with van der Waals surface area (Å²) >= 11 is 0. The second kappa shape index (κ2) is 4.20. The van der Waals surface area contributed by atoms with Crippen molar-refractivity contribution in [3.05, 3.63) is 0 Å². The molecular weight excluding hydrogens is 164 g/mol. The lowest BCUT2D eigenvalue weighted by Gasteiger charge is -2.18. The highest BCUT2D eigenvalue weighted by molar-refractivity contribution is 5.59. The fourth-order valence-corrected chi connectivity index (χ4v) is 1.74. The van der Waals surface area contributed by atoms with Crippen molar-refractivity contribution >= 4 is 6.29 Å². The maximum atomic E-state index is 10.8. The van der Waals surface area contributed by atoms with Crippen molar-refractivity contribution in [3.63, 3.8) is 0 Å². The number of hydrogen-bond acceptors (Lipinski definition) is 3. The molecule has 1 heterocycles. The van der Waals surface area contributed by atoms with Crippen LogP contribution in [0.3, 0.4) is 0 Å². The molecule has 1 aliphatic heterocycles. The van der Waals surface area contributed by atoms with Crippen LogP contribution in [-0.2, 0) is 4.79 Å². The molecule has 0 amide bonds. The predicted molar refractivity (Wildman–Crippen MR) is 53.7 cm³/mol. The SMILES string of the molecule is CC(C)C1CN1C(C=O)CN(C)C. The van der Waals surface area contributed by atoms with Crippen LogP contribution in [0, 0.1) is 5.92 Å². The van der Waals surface area contributed by atoms with Crippen LogP contribution in [0.5, 0.6) is 0 Å². The van der Waals surface area contributed by atoms with Gasteiger partial charge in [0.1, 0.15) is 6.29 Å². The van der Waals surface area contributed by atoms with Crippen LogP contribution in [-0.4, -0.2) is 55.4 Å². The number of carbonyl (C=O) groups is 1. The first-order valence-electron chi connectivity index (χ1n) is 4.92. The van der Waals surface area contributed by atoms with E-state index in [2.05, 4.69) is 23.6 Å². The van der Waals surface area contributed by atoms with Crippen molar-refractivity contribution in [3.8, 4) is 0 Å². The molecule has 0 N–H and O–H groups in total. The van der Waals surface area contributed by atoms with Gasteiger partial charge >= 0.3 is 0 Å². The van der Waals surface area contributed by atoms with Gasteiger partial charge in [-0.1, -0.05) is 13.8 Å². The molecule has 0 bridgehead atoms. The fraction of sp³-hybridized carbons (Fsp3) is 0.900. The molecule has 0 saturated carbocycles. The molecule has 1 rings (SSSR count). The minimum absolute atomic E-state index is 0.0994. The molecule has 1 fully saturated rings. The smallest absolute Gasteiger partial charge is 0.138 e. The Bertz CT molecular complexity index is 180. The summed E-state index contributed by atoms with van der Waals surface area (Å²) in [5.41, 5.74) is 0. The van der Waals surface area contributed by atoms with Gasteiger partial charge in [-0.05, 0) is 20.0 Å². The van der Waals surface area contributed by atoms with Crippen LogP contribution in [0.4, 0.5) is 0 Å².